The topological polar surface area (TPSA) is 356 Å². The first kappa shape index (κ1) is 103. The average molecular weight is 1490 g/mol. The van der Waals surface area contributed by atoms with Crippen LogP contribution < -0.4 is 0 Å². The van der Waals surface area contributed by atoms with Crippen LogP contribution in [0, 0.1) is 0 Å². The lowest BCUT2D eigenvalue weighted by molar-refractivity contribution is -0.206. The molecule has 0 rings (SSSR count). The molecule has 101 heavy (non-hydrogen) atoms. The standard InChI is InChI=1S/C13H20F2O4.C12H18F2O4.C11H16F2O5.C10H14F2O5.C9H12F2O4.C8H10F2O4/c1-7-9(18-10(16)8(2)3)13(14,15)11(17)19-12(4,5)6;1-7(2)9(15)17-8(3)12(13,14)10(16)18-11(4,5)6;1-5-8(18-9(14)7(2)3)11(12,13)10(15)17-6-16-4;1-6(2)8(13)17-7(3)10(11,12)9(14)16-5-15-4;1-4-6(9(10,11)8(13)14)15-7(12)5(2)3;1-4(2)6(11)14-5(3)8(9,10)7(12)13/h9H,2,7H2,1,3-6H3;8H,1H2,2-6H3;8H,2,5-6H2,1,3-4H3;7H,1,5H2,2-4H3;6H,2,4H2,1,3H3,(H,13,14);5H,1H2,2-3H3,(H,12,13). The van der Waals surface area contributed by atoms with Crippen LogP contribution in [0.15, 0.2) is 72.9 Å². The number of carboxylic acids is 2. The number of alkyl halides is 12. The zero-order valence-electron chi connectivity index (χ0n) is 59.5. The summed E-state index contributed by atoms with van der Waals surface area (Å²) in [6.45, 7) is 41.5. The fourth-order valence-corrected chi connectivity index (χ4v) is 4.95. The molecule has 0 aromatic rings. The molecule has 0 bridgehead atoms. The Morgan fingerprint density at radius 3 is 0.723 bits per heavy atom. The van der Waals surface area contributed by atoms with Gasteiger partial charge in [-0.05, 0) is 123 Å². The van der Waals surface area contributed by atoms with Gasteiger partial charge in [0.2, 0.25) is 0 Å². The molecule has 0 fully saturated rings. The van der Waals surface area contributed by atoms with Crippen LogP contribution in [-0.4, -0.2) is 193 Å². The molecular formula is C63H90F12O26. The number of carboxylic acid groups (broad SMARTS) is 2. The number of halogens is 12. The molecular weight excluding hydrogens is 1400 g/mol. The molecule has 38 heteroatoms. The van der Waals surface area contributed by atoms with Gasteiger partial charge in [0, 0.05) is 47.7 Å². The Hall–Kier alpha value is -8.84. The number of carbonyl (C=O) groups excluding carboxylic acids is 10. The van der Waals surface area contributed by atoms with Crippen LogP contribution >= 0.6 is 0 Å². The number of hydrogen-bond donors (Lipinski definition) is 2. The van der Waals surface area contributed by atoms with Gasteiger partial charge in [0.25, 0.3) is 0 Å². The maximum absolute atomic E-state index is 13.9. The molecule has 6 unspecified atom stereocenters. The molecule has 0 saturated heterocycles. The summed E-state index contributed by atoms with van der Waals surface area (Å²) in [6.07, 6.45) is -12.4. The lowest BCUT2D eigenvalue weighted by Gasteiger charge is -2.28. The van der Waals surface area contributed by atoms with E-state index >= 15 is 0 Å². The molecule has 0 aromatic carbocycles. The van der Waals surface area contributed by atoms with Gasteiger partial charge in [-0.15, -0.1) is 0 Å². The van der Waals surface area contributed by atoms with Crippen molar-refractivity contribution in [3.8, 4) is 0 Å². The molecule has 0 spiro atoms. The Balaban J connectivity index is -0.000000269. The van der Waals surface area contributed by atoms with Crippen molar-refractivity contribution < 1.29 is 177 Å². The summed E-state index contributed by atoms with van der Waals surface area (Å²) in [7, 11) is 2.36. The molecule has 26 nitrogen and oxygen atoms in total. The quantitative estimate of drug-likeness (QED) is 0.0214. The minimum absolute atomic E-state index is 0.0153. The highest BCUT2D eigenvalue weighted by molar-refractivity contribution is 5.91. The number of hydrogen-bond acceptors (Lipinski definition) is 24. The van der Waals surface area contributed by atoms with Crippen molar-refractivity contribution >= 4 is 71.6 Å². The van der Waals surface area contributed by atoms with Crippen molar-refractivity contribution in [1.82, 2.24) is 0 Å². The second-order valence-electron chi connectivity index (χ2n) is 22.8. The van der Waals surface area contributed by atoms with E-state index in [1.807, 2.05) is 0 Å². The van der Waals surface area contributed by atoms with Gasteiger partial charge < -0.3 is 67.1 Å². The summed E-state index contributed by atoms with van der Waals surface area (Å²) in [4.78, 5) is 131. The van der Waals surface area contributed by atoms with Gasteiger partial charge in [-0.2, -0.15) is 52.7 Å². The van der Waals surface area contributed by atoms with E-state index in [2.05, 4.69) is 96.3 Å². The third-order valence-electron chi connectivity index (χ3n) is 10.6. The largest absolute Gasteiger partial charge is 0.477 e. The summed E-state index contributed by atoms with van der Waals surface area (Å²) < 4.78 is 212. The fourth-order valence-electron chi connectivity index (χ4n) is 4.95. The molecule has 0 heterocycles. The van der Waals surface area contributed by atoms with E-state index in [0.29, 0.717) is 0 Å². The van der Waals surface area contributed by atoms with Crippen LogP contribution in [0.5, 0.6) is 0 Å². The molecule has 0 aliphatic heterocycles. The third-order valence-corrected chi connectivity index (χ3v) is 10.6. The van der Waals surface area contributed by atoms with E-state index in [1.54, 1.807) is 0 Å². The van der Waals surface area contributed by atoms with Gasteiger partial charge in [0.1, 0.15) is 11.2 Å². The molecule has 0 saturated carbocycles. The molecule has 0 radical (unpaired) electrons. The Morgan fingerprint density at radius 2 is 0.515 bits per heavy atom. The van der Waals surface area contributed by atoms with E-state index < -0.39 is 169 Å². The van der Waals surface area contributed by atoms with Gasteiger partial charge >= 0.3 is 107 Å². The monoisotopic (exact) mass is 1490 g/mol. The van der Waals surface area contributed by atoms with Crippen LogP contribution in [0.4, 0.5) is 52.7 Å². The number of rotatable bonds is 31. The molecule has 0 aliphatic carbocycles. The third kappa shape index (κ3) is 39.7. The zero-order chi connectivity index (χ0) is 81.9. The summed E-state index contributed by atoms with van der Waals surface area (Å²) in [5, 5.41) is 16.3. The van der Waals surface area contributed by atoms with Crippen molar-refractivity contribution in [3.05, 3.63) is 72.9 Å². The smallest absolute Gasteiger partial charge is 0.383 e. The fraction of sp³-hybridized carbons (Fsp3) is 0.619. The average Bonchev–Trinajstić information content (AvgIpc) is 0.853. The van der Waals surface area contributed by atoms with Crippen LogP contribution in [-0.2, 0) is 114 Å². The Kier molecular flexibility index (Phi) is 46.1. The van der Waals surface area contributed by atoms with E-state index in [-0.39, 0.29) is 52.7 Å². The summed E-state index contributed by atoms with van der Waals surface area (Å²) in [5.41, 5.74) is -2.34. The predicted octanol–water partition coefficient (Wildman–Crippen LogP) is 11.1. The Morgan fingerprint density at radius 1 is 0.327 bits per heavy atom. The van der Waals surface area contributed by atoms with Crippen LogP contribution in [0.3, 0.4) is 0 Å². The Bertz CT molecular complexity index is 2910. The number of aliphatic carboxylic acids is 2. The van der Waals surface area contributed by atoms with Crippen molar-refractivity contribution in [2.24, 2.45) is 0 Å². The van der Waals surface area contributed by atoms with Gasteiger partial charge in [-0.25, -0.2) is 57.5 Å². The molecule has 6 atom stereocenters. The van der Waals surface area contributed by atoms with Gasteiger partial charge in [0.15, 0.2) is 50.2 Å². The minimum atomic E-state index is -4.09. The maximum Gasteiger partial charge on any atom is 0.383 e. The summed E-state index contributed by atoms with van der Waals surface area (Å²) >= 11 is 0. The maximum atomic E-state index is 13.9. The van der Waals surface area contributed by atoms with E-state index in [1.165, 1.54) is 118 Å². The summed E-state index contributed by atoms with van der Waals surface area (Å²) in [5.74, 6) is -41.5. The number of methoxy groups -OCH3 is 2. The van der Waals surface area contributed by atoms with Crippen LogP contribution in [0.2, 0.25) is 0 Å². The van der Waals surface area contributed by atoms with Crippen LogP contribution in [0.25, 0.3) is 0 Å². The zero-order valence-corrected chi connectivity index (χ0v) is 59.5. The first-order valence-corrected chi connectivity index (χ1v) is 28.9. The Labute approximate surface area is 575 Å². The van der Waals surface area contributed by atoms with Crippen molar-refractivity contribution in [2.45, 2.75) is 227 Å². The highest BCUT2D eigenvalue weighted by Gasteiger charge is 2.55. The van der Waals surface area contributed by atoms with Crippen molar-refractivity contribution in [3.63, 3.8) is 0 Å². The molecule has 0 aliphatic rings. The predicted molar refractivity (Wildman–Crippen MR) is 329 cm³/mol. The molecule has 0 aromatic heterocycles. The van der Waals surface area contributed by atoms with Gasteiger partial charge in [-0.1, -0.05) is 60.2 Å². The number of carbonyl (C=O) groups is 12. The van der Waals surface area contributed by atoms with Gasteiger partial charge in [-0.3, -0.25) is 0 Å². The van der Waals surface area contributed by atoms with E-state index in [4.69, 9.17) is 10.2 Å². The second kappa shape index (κ2) is 45.1. The minimum Gasteiger partial charge on any atom is -0.477 e. The summed E-state index contributed by atoms with van der Waals surface area (Å²) in [6, 6.07) is 0. The number of ether oxygens (including phenoxy) is 12. The molecule has 582 valence electrons. The highest BCUT2D eigenvalue weighted by Crippen LogP contribution is 2.31. The SMILES string of the molecule is C=C(C)C(=O)OC(C)C(F)(F)C(=O)O.C=C(C)C(=O)OC(C)C(F)(F)C(=O)OC(C)(C)C.C=C(C)C(=O)OC(C)C(F)(F)C(=O)OCOC.C=C(C)C(=O)OC(CC)C(F)(F)C(=O)O.C=C(C)C(=O)OC(CC)C(F)(F)C(=O)OC(C)(C)C.C=C(C)C(=O)OC(CC)C(F)(F)C(=O)OCOC. The highest BCUT2D eigenvalue weighted by atomic mass is 19.3. The molecule has 0 amide bonds. The van der Waals surface area contributed by atoms with Crippen molar-refractivity contribution in [1.29, 1.82) is 0 Å². The van der Waals surface area contributed by atoms with Crippen LogP contribution in [0.1, 0.15) is 144 Å². The van der Waals surface area contributed by atoms with Gasteiger partial charge in [0.05, 0.1) is 0 Å². The molecule has 2 N–H and O–H groups in total. The normalized spacial score (nSPS) is 13.2. The lowest BCUT2D eigenvalue weighted by Crippen LogP contribution is -2.47. The number of esters is 10. The van der Waals surface area contributed by atoms with E-state index in [0.717, 1.165) is 20.8 Å². The van der Waals surface area contributed by atoms with Crippen molar-refractivity contribution in [2.75, 3.05) is 27.8 Å². The van der Waals surface area contributed by atoms with E-state index in [9.17, 15) is 110 Å². The first-order chi connectivity index (χ1) is 45.2. The first-order valence-electron chi connectivity index (χ1n) is 28.9. The second-order valence-corrected chi connectivity index (χ2v) is 22.8. The lowest BCUT2D eigenvalue weighted by atomic mass is 10.1.